The molecule has 38 heavy (non-hydrogen) atoms. The van der Waals surface area contributed by atoms with E-state index in [1.165, 1.54) is 32.1 Å². The predicted molar refractivity (Wildman–Crippen MR) is 152 cm³/mol. The number of likely N-dealkylation sites (N-methyl/N-ethyl adjacent to an activating group) is 1. The molecular weight excluding hydrogens is 478 g/mol. The average Bonchev–Trinajstić information content (AvgIpc) is 3.63. The molecule has 3 fully saturated rings. The maximum Gasteiger partial charge on any atom is 0.323 e. The van der Waals surface area contributed by atoms with Crippen molar-refractivity contribution in [1.29, 1.82) is 0 Å². The zero-order chi connectivity index (χ0) is 26.3. The number of piperidine rings is 1. The summed E-state index contributed by atoms with van der Waals surface area (Å²) in [6.45, 7) is 4.36. The van der Waals surface area contributed by atoms with Crippen LogP contribution in [0.25, 0.3) is 0 Å². The summed E-state index contributed by atoms with van der Waals surface area (Å²) in [6.07, 6.45) is 9.68. The molecule has 2 saturated heterocycles. The third kappa shape index (κ3) is 6.98. The van der Waals surface area contributed by atoms with Crippen molar-refractivity contribution in [3.63, 3.8) is 0 Å². The Kier molecular flexibility index (Phi) is 8.68. The number of hydrogen-bond acceptors (Lipinski definition) is 5. The third-order valence-corrected chi connectivity index (χ3v) is 8.12. The highest BCUT2D eigenvalue weighted by molar-refractivity contribution is 5.99. The second-order valence-corrected chi connectivity index (χ2v) is 10.9. The number of likely N-dealkylation sites (tertiary alicyclic amines) is 1. The van der Waals surface area contributed by atoms with Crippen LogP contribution in [0.2, 0.25) is 0 Å². The summed E-state index contributed by atoms with van der Waals surface area (Å²) < 4.78 is 5.99. The van der Waals surface area contributed by atoms with Gasteiger partial charge in [0.15, 0.2) is 0 Å². The number of carbonyl (C=O) groups excluding carboxylic acids is 2. The Morgan fingerprint density at radius 1 is 0.842 bits per heavy atom. The monoisotopic (exact) mass is 519 g/mol. The van der Waals surface area contributed by atoms with E-state index >= 15 is 0 Å². The first kappa shape index (κ1) is 26.4. The lowest BCUT2D eigenvalue weighted by molar-refractivity contribution is -0.133. The molecule has 2 N–H and O–H groups in total. The third-order valence-electron chi connectivity index (χ3n) is 8.12. The van der Waals surface area contributed by atoms with Gasteiger partial charge in [0, 0.05) is 37.2 Å². The molecule has 1 saturated carbocycles. The number of amides is 3. The molecule has 1 atom stereocenters. The van der Waals surface area contributed by atoms with Crippen molar-refractivity contribution in [2.24, 2.45) is 0 Å². The van der Waals surface area contributed by atoms with Crippen molar-refractivity contribution in [3.8, 4) is 5.75 Å². The largest absolute Gasteiger partial charge is 0.490 e. The zero-order valence-corrected chi connectivity index (χ0v) is 22.5. The van der Waals surface area contributed by atoms with Gasteiger partial charge in [0.05, 0.1) is 18.7 Å². The van der Waals surface area contributed by atoms with Crippen LogP contribution in [0.5, 0.6) is 5.75 Å². The fraction of sp³-hybridized carbons (Fsp3) is 0.533. The molecule has 8 heteroatoms. The number of hydrogen-bond donors (Lipinski definition) is 2. The Morgan fingerprint density at radius 2 is 1.47 bits per heavy atom. The highest BCUT2D eigenvalue weighted by Gasteiger charge is 2.29. The number of nitrogens with zero attached hydrogens (tertiary/aromatic N) is 3. The van der Waals surface area contributed by atoms with Crippen LogP contribution in [0.4, 0.5) is 21.9 Å². The Hall–Kier alpha value is -3.26. The molecule has 204 valence electrons. The Morgan fingerprint density at radius 3 is 2.13 bits per heavy atom. The molecule has 2 aromatic carbocycles. The van der Waals surface area contributed by atoms with Crippen LogP contribution in [0.1, 0.15) is 51.4 Å². The average molecular weight is 520 g/mol. The highest BCUT2D eigenvalue weighted by atomic mass is 16.5. The van der Waals surface area contributed by atoms with Crippen LogP contribution in [0.3, 0.4) is 0 Å². The van der Waals surface area contributed by atoms with Gasteiger partial charge in [-0.3, -0.25) is 9.69 Å². The highest BCUT2D eigenvalue weighted by Crippen LogP contribution is 2.26. The van der Waals surface area contributed by atoms with Crippen LogP contribution < -0.4 is 20.3 Å². The van der Waals surface area contributed by atoms with E-state index in [0.717, 1.165) is 68.3 Å². The first-order valence-corrected chi connectivity index (χ1v) is 14.2. The van der Waals surface area contributed by atoms with E-state index in [4.69, 9.17) is 4.74 Å². The minimum atomic E-state index is -0.280. The molecule has 5 rings (SSSR count). The van der Waals surface area contributed by atoms with E-state index in [1.54, 1.807) is 0 Å². The molecule has 0 aromatic heterocycles. The topological polar surface area (TPSA) is 77.2 Å². The first-order valence-electron chi connectivity index (χ1n) is 14.2. The molecule has 1 aliphatic carbocycles. The summed E-state index contributed by atoms with van der Waals surface area (Å²) >= 11 is 0. The van der Waals surface area contributed by atoms with Gasteiger partial charge in [0.25, 0.3) is 0 Å². The van der Waals surface area contributed by atoms with Crippen molar-refractivity contribution in [2.75, 3.05) is 55.3 Å². The van der Waals surface area contributed by atoms with Gasteiger partial charge in [-0.05, 0) is 107 Å². The second kappa shape index (κ2) is 12.5. The lowest BCUT2D eigenvalue weighted by Crippen LogP contribution is -2.45. The molecule has 2 heterocycles. The smallest absolute Gasteiger partial charge is 0.323 e. The van der Waals surface area contributed by atoms with E-state index < -0.39 is 0 Å². The Labute approximate surface area is 226 Å². The van der Waals surface area contributed by atoms with Gasteiger partial charge in [0.2, 0.25) is 5.91 Å². The second-order valence-electron chi connectivity index (χ2n) is 10.9. The lowest BCUT2D eigenvalue weighted by Gasteiger charge is -2.30. The van der Waals surface area contributed by atoms with Gasteiger partial charge in [-0.15, -0.1) is 0 Å². The van der Waals surface area contributed by atoms with E-state index in [2.05, 4.69) is 20.4 Å². The number of nitrogens with one attached hydrogen (secondary N) is 2. The molecular formula is C30H41N5O3. The van der Waals surface area contributed by atoms with Crippen molar-refractivity contribution in [2.45, 2.75) is 63.5 Å². The summed E-state index contributed by atoms with van der Waals surface area (Å²) in [7, 11) is 1.95. The van der Waals surface area contributed by atoms with E-state index in [9.17, 15) is 9.59 Å². The fourth-order valence-corrected chi connectivity index (χ4v) is 5.78. The van der Waals surface area contributed by atoms with Gasteiger partial charge >= 0.3 is 6.03 Å². The van der Waals surface area contributed by atoms with Crippen LogP contribution in [0, 0.1) is 0 Å². The van der Waals surface area contributed by atoms with Crippen molar-refractivity contribution in [1.82, 2.24) is 9.80 Å². The van der Waals surface area contributed by atoms with Crippen LogP contribution in [-0.4, -0.2) is 73.7 Å². The molecule has 3 amide bonds. The van der Waals surface area contributed by atoms with Crippen molar-refractivity contribution >= 4 is 29.0 Å². The SMILES string of the molecule is CN(C(=O)CN1CCCCC1)C1CCN(c2ccc(NC(=O)Nc3ccc(OC4CCCC4)cc3)cc2)C1. The summed E-state index contributed by atoms with van der Waals surface area (Å²) in [6, 6.07) is 15.4. The molecule has 0 spiro atoms. The summed E-state index contributed by atoms with van der Waals surface area (Å²) in [4.78, 5) is 31.9. The Bertz CT molecular complexity index is 1060. The van der Waals surface area contributed by atoms with E-state index in [-0.39, 0.29) is 18.0 Å². The molecule has 0 radical (unpaired) electrons. The fourth-order valence-electron chi connectivity index (χ4n) is 5.78. The Balaban J connectivity index is 1.07. The number of ether oxygens (including phenoxy) is 1. The molecule has 1 unspecified atom stereocenters. The van der Waals surface area contributed by atoms with Gasteiger partial charge in [0.1, 0.15) is 5.75 Å². The minimum Gasteiger partial charge on any atom is -0.490 e. The van der Waals surface area contributed by atoms with Gasteiger partial charge in [-0.1, -0.05) is 6.42 Å². The predicted octanol–water partition coefficient (Wildman–Crippen LogP) is 5.18. The van der Waals surface area contributed by atoms with E-state index in [0.29, 0.717) is 12.6 Å². The van der Waals surface area contributed by atoms with Crippen LogP contribution in [0.15, 0.2) is 48.5 Å². The van der Waals surface area contributed by atoms with Crippen LogP contribution >= 0.6 is 0 Å². The number of urea groups is 1. The lowest BCUT2D eigenvalue weighted by atomic mass is 10.1. The number of anilines is 3. The molecule has 2 aromatic rings. The van der Waals surface area contributed by atoms with Crippen molar-refractivity contribution in [3.05, 3.63) is 48.5 Å². The molecule has 8 nitrogen and oxygen atoms in total. The number of benzene rings is 2. The maximum atomic E-state index is 12.8. The zero-order valence-electron chi connectivity index (χ0n) is 22.5. The summed E-state index contributed by atoms with van der Waals surface area (Å²) in [5, 5.41) is 5.79. The van der Waals surface area contributed by atoms with Crippen molar-refractivity contribution < 1.29 is 14.3 Å². The van der Waals surface area contributed by atoms with Gasteiger partial charge in [-0.2, -0.15) is 0 Å². The van der Waals surface area contributed by atoms with Crippen LogP contribution in [-0.2, 0) is 4.79 Å². The van der Waals surface area contributed by atoms with Gasteiger partial charge < -0.3 is 25.2 Å². The first-order chi connectivity index (χ1) is 18.5. The summed E-state index contributed by atoms with van der Waals surface area (Å²) in [5.41, 5.74) is 2.56. The molecule has 0 bridgehead atoms. The quantitative estimate of drug-likeness (QED) is 0.503. The standard InChI is InChI=1S/C30H41N5O3/c1-33(29(36)22-34-18-5-2-6-19-34)26-17-20-35(21-26)25-13-9-23(10-14-25)31-30(37)32-24-11-15-28(16-12-24)38-27-7-3-4-8-27/h9-16,26-27H,2-8,17-22H2,1H3,(H2,31,32,37). The number of carbonyl (C=O) groups is 2. The maximum absolute atomic E-state index is 12.8. The van der Waals surface area contributed by atoms with Gasteiger partial charge in [-0.25, -0.2) is 4.79 Å². The minimum absolute atomic E-state index is 0.222. The number of rotatable bonds is 8. The van der Waals surface area contributed by atoms with E-state index in [1.807, 2.05) is 60.5 Å². The summed E-state index contributed by atoms with van der Waals surface area (Å²) in [5.74, 6) is 1.07. The normalized spacial score (nSPS) is 20.3. The molecule has 3 aliphatic rings. The molecule has 2 aliphatic heterocycles.